The second kappa shape index (κ2) is 9.74. The van der Waals surface area contributed by atoms with Crippen LogP contribution in [0.4, 0.5) is 4.39 Å². The normalized spacial score (nSPS) is 12.5. The monoisotopic (exact) mass is 445 g/mol. The fraction of sp³-hybridized carbons (Fsp3) is 0.273. The lowest BCUT2D eigenvalue weighted by Gasteiger charge is -2.14. The molecule has 0 aliphatic rings. The highest BCUT2D eigenvalue weighted by Gasteiger charge is 2.19. The number of para-hydroxylation sites is 1. The quantitative estimate of drug-likeness (QED) is 0.439. The first-order chi connectivity index (χ1) is 14.8. The number of carbonyl (C=O) groups is 2. The Bertz CT molecular complexity index is 1170. The fourth-order valence-electron chi connectivity index (χ4n) is 3.18. The molecule has 0 spiro atoms. The number of hydrogen-bond donors (Lipinski definition) is 3. The van der Waals surface area contributed by atoms with Gasteiger partial charge < -0.3 is 15.6 Å². The van der Waals surface area contributed by atoms with Gasteiger partial charge in [-0.2, -0.15) is 0 Å². The van der Waals surface area contributed by atoms with Gasteiger partial charge in [0.05, 0.1) is 10.6 Å². The van der Waals surface area contributed by atoms with E-state index in [1.54, 1.807) is 0 Å². The summed E-state index contributed by atoms with van der Waals surface area (Å²) in [4.78, 5) is 27.4. The van der Waals surface area contributed by atoms with Gasteiger partial charge in [0.2, 0.25) is 11.8 Å². The number of rotatable bonds is 9. The molecule has 7 nitrogen and oxygen atoms in total. The molecule has 3 rings (SSSR count). The summed E-state index contributed by atoms with van der Waals surface area (Å²) in [5, 5.41) is 6.38. The first-order valence-corrected chi connectivity index (χ1v) is 11.5. The smallest absolute Gasteiger partial charge is 0.242 e. The molecule has 1 heterocycles. The van der Waals surface area contributed by atoms with Gasteiger partial charge in [0, 0.05) is 30.1 Å². The molecule has 0 unspecified atom stereocenters. The Morgan fingerprint density at radius 2 is 1.81 bits per heavy atom. The van der Waals surface area contributed by atoms with Crippen LogP contribution < -0.4 is 10.6 Å². The molecule has 0 fully saturated rings. The van der Waals surface area contributed by atoms with Crippen LogP contribution in [0.15, 0.2) is 59.6 Å². The second-order valence-corrected chi connectivity index (χ2v) is 9.32. The van der Waals surface area contributed by atoms with Crippen molar-refractivity contribution in [2.24, 2.45) is 0 Å². The van der Waals surface area contributed by atoms with Crippen molar-refractivity contribution in [2.75, 3.05) is 12.3 Å². The van der Waals surface area contributed by atoms with E-state index in [2.05, 4.69) is 15.6 Å². The van der Waals surface area contributed by atoms with Gasteiger partial charge in [-0.3, -0.25) is 9.59 Å². The molecular weight excluding hydrogens is 421 g/mol. The van der Waals surface area contributed by atoms with E-state index in [1.807, 2.05) is 30.5 Å². The number of fused-ring (bicyclic) bond motifs is 1. The minimum absolute atomic E-state index is 0.0511. The van der Waals surface area contributed by atoms with Gasteiger partial charge in [0.1, 0.15) is 11.9 Å². The van der Waals surface area contributed by atoms with Crippen LogP contribution in [-0.2, 0) is 25.8 Å². The fourth-order valence-corrected chi connectivity index (χ4v) is 4.42. The van der Waals surface area contributed by atoms with Gasteiger partial charge in [0.25, 0.3) is 0 Å². The van der Waals surface area contributed by atoms with Gasteiger partial charge in [-0.05, 0) is 49.2 Å². The molecular formula is C22H24FN3O4S. The average Bonchev–Trinajstić information content (AvgIpc) is 3.16. The number of halogens is 1. The maximum Gasteiger partial charge on any atom is 0.242 e. The summed E-state index contributed by atoms with van der Waals surface area (Å²) in [5.41, 5.74) is 2.11. The van der Waals surface area contributed by atoms with Crippen LogP contribution in [0.2, 0.25) is 0 Å². The maximum absolute atomic E-state index is 12.9. The number of aromatic nitrogens is 1. The van der Waals surface area contributed by atoms with Crippen molar-refractivity contribution >= 4 is 32.6 Å². The molecule has 164 valence electrons. The summed E-state index contributed by atoms with van der Waals surface area (Å²) in [6.45, 7) is 1.94. The third kappa shape index (κ3) is 5.91. The topological polar surface area (TPSA) is 108 Å². The maximum atomic E-state index is 12.9. The molecule has 0 saturated carbocycles. The lowest BCUT2D eigenvalue weighted by molar-refractivity contribution is -0.128. The van der Waals surface area contributed by atoms with E-state index in [0.29, 0.717) is 13.0 Å². The molecule has 31 heavy (non-hydrogen) atoms. The van der Waals surface area contributed by atoms with Crippen molar-refractivity contribution in [3.05, 3.63) is 66.1 Å². The molecule has 2 amide bonds. The Hall–Kier alpha value is -3.20. The zero-order valence-electron chi connectivity index (χ0n) is 17.0. The summed E-state index contributed by atoms with van der Waals surface area (Å²) >= 11 is 0. The summed E-state index contributed by atoms with van der Waals surface area (Å²) in [5.74, 6) is -1.87. The number of carbonyl (C=O) groups excluding carboxylic acids is 2. The third-order valence-electron chi connectivity index (χ3n) is 4.91. The van der Waals surface area contributed by atoms with Gasteiger partial charge in [-0.1, -0.05) is 18.2 Å². The summed E-state index contributed by atoms with van der Waals surface area (Å²) in [6.07, 6.45) is 2.24. The highest BCUT2D eigenvalue weighted by molar-refractivity contribution is 7.91. The number of amides is 2. The first kappa shape index (κ1) is 22.5. The number of nitrogens with one attached hydrogen (secondary N) is 3. The lowest BCUT2D eigenvalue weighted by Crippen LogP contribution is -2.45. The van der Waals surface area contributed by atoms with Crippen molar-refractivity contribution in [3.8, 4) is 0 Å². The molecule has 2 aromatic carbocycles. The Balaban J connectivity index is 1.43. The second-order valence-electron chi connectivity index (χ2n) is 7.21. The number of sulfone groups is 1. The number of benzene rings is 2. The van der Waals surface area contributed by atoms with E-state index in [4.69, 9.17) is 0 Å². The predicted molar refractivity (Wildman–Crippen MR) is 116 cm³/mol. The van der Waals surface area contributed by atoms with Gasteiger partial charge in [0.15, 0.2) is 9.84 Å². The largest absolute Gasteiger partial charge is 0.361 e. The van der Waals surface area contributed by atoms with E-state index in [-0.39, 0.29) is 17.2 Å². The van der Waals surface area contributed by atoms with Gasteiger partial charge in [-0.15, -0.1) is 0 Å². The molecule has 0 aliphatic carbocycles. The molecule has 0 bridgehead atoms. The highest BCUT2D eigenvalue weighted by atomic mass is 32.2. The minimum Gasteiger partial charge on any atom is -0.361 e. The van der Waals surface area contributed by atoms with Crippen LogP contribution in [-0.4, -0.2) is 43.6 Å². The molecule has 0 radical (unpaired) electrons. The van der Waals surface area contributed by atoms with Crippen molar-refractivity contribution in [3.63, 3.8) is 0 Å². The van der Waals surface area contributed by atoms with E-state index in [9.17, 15) is 22.4 Å². The van der Waals surface area contributed by atoms with Crippen LogP contribution >= 0.6 is 0 Å². The molecule has 0 aliphatic heterocycles. The Morgan fingerprint density at radius 1 is 1.10 bits per heavy atom. The lowest BCUT2D eigenvalue weighted by atomic mass is 10.1. The Kier molecular flexibility index (Phi) is 7.06. The van der Waals surface area contributed by atoms with Crippen molar-refractivity contribution in [1.29, 1.82) is 0 Å². The number of aromatic amines is 1. The first-order valence-electron chi connectivity index (χ1n) is 9.86. The Labute approximate surface area is 180 Å². The van der Waals surface area contributed by atoms with E-state index >= 15 is 0 Å². The van der Waals surface area contributed by atoms with Crippen LogP contribution in [0.3, 0.4) is 0 Å². The van der Waals surface area contributed by atoms with E-state index in [1.165, 1.54) is 6.92 Å². The predicted octanol–water partition coefficient (Wildman–Crippen LogP) is 2.33. The van der Waals surface area contributed by atoms with Crippen molar-refractivity contribution in [2.45, 2.75) is 30.7 Å². The van der Waals surface area contributed by atoms with E-state index < -0.39 is 33.4 Å². The minimum atomic E-state index is -3.72. The summed E-state index contributed by atoms with van der Waals surface area (Å²) in [6, 6.07) is 11.5. The molecule has 9 heteroatoms. The van der Waals surface area contributed by atoms with Crippen LogP contribution in [0.1, 0.15) is 18.9 Å². The zero-order valence-corrected chi connectivity index (χ0v) is 17.8. The Morgan fingerprint density at radius 3 is 2.55 bits per heavy atom. The standard InChI is InChI=1S/C22H24FN3O4S/c1-15(22(28)24-12-10-16-14-25-20-5-3-2-4-19(16)20)26-21(27)11-13-31(29,30)18-8-6-17(23)7-9-18/h2-9,14-15,25H,10-13H2,1H3,(H,24,28)(H,26,27)/t15-/m1/s1. The number of H-pyrrole nitrogens is 1. The summed E-state index contributed by atoms with van der Waals surface area (Å²) < 4.78 is 37.4. The van der Waals surface area contributed by atoms with E-state index in [0.717, 1.165) is 40.7 Å². The van der Waals surface area contributed by atoms with Crippen molar-refractivity contribution in [1.82, 2.24) is 15.6 Å². The highest BCUT2D eigenvalue weighted by Crippen LogP contribution is 2.17. The molecule has 1 aromatic heterocycles. The van der Waals surface area contributed by atoms with Crippen LogP contribution in [0.5, 0.6) is 0 Å². The SMILES string of the molecule is C[C@@H](NC(=O)CCS(=O)(=O)c1ccc(F)cc1)C(=O)NCCc1c[nH]c2ccccc12. The average molecular weight is 446 g/mol. The number of hydrogen-bond acceptors (Lipinski definition) is 4. The van der Waals surface area contributed by atoms with Crippen LogP contribution in [0.25, 0.3) is 10.9 Å². The van der Waals surface area contributed by atoms with Gasteiger partial charge >= 0.3 is 0 Å². The molecule has 0 saturated heterocycles. The van der Waals surface area contributed by atoms with Crippen molar-refractivity contribution < 1.29 is 22.4 Å². The van der Waals surface area contributed by atoms with Crippen LogP contribution in [0, 0.1) is 5.82 Å². The summed E-state index contributed by atoms with van der Waals surface area (Å²) in [7, 11) is -3.72. The molecule has 3 N–H and O–H groups in total. The molecule has 3 aromatic rings. The molecule has 1 atom stereocenters. The zero-order chi connectivity index (χ0) is 22.4. The third-order valence-corrected chi connectivity index (χ3v) is 6.64. The van der Waals surface area contributed by atoms with Gasteiger partial charge in [-0.25, -0.2) is 12.8 Å².